The van der Waals surface area contributed by atoms with Crippen molar-refractivity contribution in [3.8, 4) is 0 Å². The summed E-state index contributed by atoms with van der Waals surface area (Å²) in [7, 11) is 0. The van der Waals surface area contributed by atoms with E-state index in [1.165, 1.54) is 154 Å². The highest BCUT2D eigenvalue weighted by molar-refractivity contribution is 5.71. The second-order valence-electron chi connectivity index (χ2n) is 18.8. The van der Waals surface area contributed by atoms with E-state index < -0.39 is 6.10 Å². The molecule has 0 rings (SSSR count). The molecule has 0 aromatic rings. The number of rotatable bonds is 51. The van der Waals surface area contributed by atoms with Crippen molar-refractivity contribution in [2.24, 2.45) is 0 Å². The first-order valence-corrected chi connectivity index (χ1v) is 28.4. The van der Waals surface area contributed by atoms with Crippen LogP contribution in [0, 0.1) is 0 Å². The van der Waals surface area contributed by atoms with Crippen molar-refractivity contribution >= 4 is 17.9 Å². The summed E-state index contributed by atoms with van der Waals surface area (Å²) >= 11 is 0. The van der Waals surface area contributed by atoms with Gasteiger partial charge in [0, 0.05) is 19.3 Å². The zero-order chi connectivity index (χ0) is 48.6. The zero-order valence-electron chi connectivity index (χ0n) is 44.2. The average Bonchev–Trinajstić information content (AvgIpc) is 3.33. The fourth-order valence-electron chi connectivity index (χ4n) is 7.94. The topological polar surface area (TPSA) is 78.9 Å². The van der Waals surface area contributed by atoms with Gasteiger partial charge in [0.25, 0.3) is 0 Å². The summed E-state index contributed by atoms with van der Waals surface area (Å²) in [4.78, 5) is 38.1. The van der Waals surface area contributed by atoms with Gasteiger partial charge < -0.3 is 14.2 Å². The van der Waals surface area contributed by atoms with E-state index in [0.29, 0.717) is 19.3 Å². The number of hydrogen-bond donors (Lipinski definition) is 0. The first-order chi connectivity index (χ1) is 33.0. The van der Waals surface area contributed by atoms with E-state index in [2.05, 4.69) is 93.7 Å². The van der Waals surface area contributed by atoms with Crippen molar-refractivity contribution in [3.63, 3.8) is 0 Å². The Kier molecular flexibility index (Phi) is 52.8. The van der Waals surface area contributed by atoms with Crippen LogP contribution in [0.15, 0.2) is 72.9 Å². The van der Waals surface area contributed by atoms with Crippen LogP contribution in [0.1, 0.15) is 278 Å². The molecule has 0 heterocycles. The molecule has 6 heteroatoms. The molecule has 0 radical (unpaired) electrons. The maximum Gasteiger partial charge on any atom is 0.306 e. The number of hydrogen-bond acceptors (Lipinski definition) is 6. The zero-order valence-corrected chi connectivity index (χ0v) is 44.2. The Bertz CT molecular complexity index is 1260. The minimum Gasteiger partial charge on any atom is -0.462 e. The third-order valence-corrected chi connectivity index (χ3v) is 12.2. The maximum absolute atomic E-state index is 12.8. The molecule has 0 amide bonds. The van der Waals surface area contributed by atoms with Crippen LogP contribution in [0.2, 0.25) is 0 Å². The average molecular weight is 936 g/mol. The molecular weight excluding hydrogens is 829 g/mol. The molecule has 386 valence electrons. The first-order valence-electron chi connectivity index (χ1n) is 28.4. The van der Waals surface area contributed by atoms with E-state index in [-0.39, 0.29) is 37.5 Å². The predicted octanol–water partition coefficient (Wildman–Crippen LogP) is 19.0. The highest BCUT2D eigenvalue weighted by Crippen LogP contribution is 2.15. The molecule has 0 unspecified atom stereocenters. The Morgan fingerprint density at radius 2 is 0.597 bits per heavy atom. The molecule has 0 saturated carbocycles. The fourth-order valence-corrected chi connectivity index (χ4v) is 7.94. The van der Waals surface area contributed by atoms with E-state index in [9.17, 15) is 14.4 Å². The van der Waals surface area contributed by atoms with Gasteiger partial charge >= 0.3 is 17.9 Å². The molecule has 0 spiro atoms. The Balaban J connectivity index is 4.38. The largest absolute Gasteiger partial charge is 0.462 e. The summed E-state index contributed by atoms with van der Waals surface area (Å²) in [6, 6.07) is 0. The molecule has 0 saturated heterocycles. The van der Waals surface area contributed by atoms with E-state index >= 15 is 0 Å². The van der Waals surface area contributed by atoms with Gasteiger partial charge in [0.2, 0.25) is 0 Å². The lowest BCUT2D eigenvalue weighted by molar-refractivity contribution is -0.167. The molecule has 0 aromatic carbocycles. The van der Waals surface area contributed by atoms with Crippen molar-refractivity contribution < 1.29 is 28.6 Å². The van der Waals surface area contributed by atoms with Crippen LogP contribution in [-0.2, 0) is 28.6 Å². The molecule has 67 heavy (non-hydrogen) atoms. The van der Waals surface area contributed by atoms with E-state index in [1.807, 2.05) is 0 Å². The van der Waals surface area contributed by atoms with Gasteiger partial charge in [0.1, 0.15) is 13.2 Å². The maximum atomic E-state index is 12.8. The lowest BCUT2D eigenvalue weighted by Gasteiger charge is -2.18. The number of esters is 3. The number of allylic oxidation sites excluding steroid dienone is 12. The summed E-state index contributed by atoms with van der Waals surface area (Å²) in [5.74, 6) is -0.949. The molecule has 0 aliphatic rings. The summed E-state index contributed by atoms with van der Waals surface area (Å²) in [5.41, 5.74) is 0. The van der Waals surface area contributed by atoms with Crippen LogP contribution in [0.4, 0.5) is 0 Å². The number of unbranched alkanes of at least 4 members (excludes halogenated alkanes) is 28. The SMILES string of the molecule is CC/C=C\C/C=C\C/C=C\C/C=C\C/C=C\CCCC(=O)O[C@@H](COC(=O)CCCCCCCCCCCCC)COC(=O)CCCCCCCCCCCCC/C=C\CCCCCCCC. The summed E-state index contributed by atoms with van der Waals surface area (Å²) in [6.07, 6.45) is 70.5. The number of carbonyl (C=O) groups is 3. The van der Waals surface area contributed by atoms with Crippen molar-refractivity contribution in [2.75, 3.05) is 13.2 Å². The van der Waals surface area contributed by atoms with Gasteiger partial charge in [-0.3, -0.25) is 14.4 Å². The standard InChI is InChI=1S/C61H106O6/c1-4-7-10-13-16-19-22-24-26-28-29-30-31-33-34-36-39-42-45-48-51-54-60(63)66-57-58(56-65-59(62)53-50-47-44-41-38-21-18-15-12-9-6-3)67-61(64)55-52-49-46-43-40-37-35-32-27-25-23-20-17-14-11-8-5-2/h8,11,17,20,24-27,35,37,43,46,58H,4-7,9-10,12-16,18-19,21-23,28-34,36,38-42,44-45,47-57H2,1-3H3/b11-8-,20-17-,26-24-,27-25-,37-35-,46-43-/t58-/m0/s1. The van der Waals surface area contributed by atoms with Crippen LogP contribution in [0.25, 0.3) is 0 Å². The fraction of sp³-hybridized carbons (Fsp3) is 0.754. The van der Waals surface area contributed by atoms with Crippen LogP contribution < -0.4 is 0 Å². The molecule has 0 aromatic heterocycles. The van der Waals surface area contributed by atoms with Crippen molar-refractivity contribution in [3.05, 3.63) is 72.9 Å². The second-order valence-corrected chi connectivity index (χ2v) is 18.8. The molecule has 0 bridgehead atoms. The number of ether oxygens (including phenoxy) is 3. The summed E-state index contributed by atoms with van der Waals surface area (Å²) in [6.45, 7) is 6.48. The van der Waals surface area contributed by atoms with E-state index in [0.717, 1.165) is 77.0 Å². The predicted molar refractivity (Wildman–Crippen MR) is 288 cm³/mol. The number of carbonyl (C=O) groups excluding carboxylic acids is 3. The van der Waals surface area contributed by atoms with Gasteiger partial charge in [-0.15, -0.1) is 0 Å². The highest BCUT2D eigenvalue weighted by atomic mass is 16.6. The minimum atomic E-state index is -0.803. The van der Waals surface area contributed by atoms with Crippen LogP contribution >= 0.6 is 0 Å². The van der Waals surface area contributed by atoms with Gasteiger partial charge in [-0.05, 0) is 83.5 Å². The molecule has 0 aliphatic carbocycles. The summed E-state index contributed by atoms with van der Waals surface area (Å²) in [5, 5.41) is 0. The van der Waals surface area contributed by atoms with E-state index in [1.54, 1.807) is 0 Å². The van der Waals surface area contributed by atoms with Gasteiger partial charge in [0.05, 0.1) is 0 Å². The lowest BCUT2D eigenvalue weighted by atomic mass is 10.0. The monoisotopic (exact) mass is 935 g/mol. The highest BCUT2D eigenvalue weighted by Gasteiger charge is 2.19. The van der Waals surface area contributed by atoms with Gasteiger partial charge in [-0.2, -0.15) is 0 Å². The smallest absolute Gasteiger partial charge is 0.306 e. The van der Waals surface area contributed by atoms with Crippen molar-refractivity contribution in [2.45, 2.75) is 284 Å². The third-order valence-electron chi connectivity index (χ3n) is 12.2. The Morgan fingerprint density at radius 3 is 0.970 bits per heavy atom. The Labute approximate surface area is 414 Å². The van der Waals surface area contributed by atoms with Crippen molar-refractivity contribution in [1.29, 1.82) is 0 Å². The third kappa shape index (κ3) is 53.7. The molecule has 6 nitrogen and oxygen atoms in total. The Hall–Kier alpha value is -3.15. The van der Waals surface area contributed by atoms with E-state index in [4.69, 9.17) is 14.2 Å². The lowest BCUT2D eigenvalue weighted by Crippen LogP contribution is -2.30. The molecule has 0 aliphatic heterocycles. The Morgan fingerprint density at radius 1 is 0.313 bits per heavy atom. The summed E-state index contributed by atoms with van der Waals surface area (Å²) < 4.78 is 16.8. The molecule has 0 fully saturated rings. The normalized spacial score (nSPS) is 12.6. The minimum absolute atomic E-state index is 0.0959. The quantitative estimate of drug-likeness (QED) is 0.0262. The molecule has 0 N–H and O–H groups in total. The van der Waals surface area contributed by atoms with Crippen LogP contribution in [0.5, 0.6) is 0 Å². The van der Waals surface area contributed by atoms with Crippen LogP contribution in [-0.4, -0.2) is 37.2 Å². The second kappa shape index (κ2) is 55.4. The van der Waals surface area contributed by atoms with Gasteiger partial charge in [-0.25, -0.2) is 0 Å². The first kappa shape index (κ1) is 63.8. The van der Waals surface area contributed by atoms with Crippen LogP contribution in [0.3, 0.4) is 0 Å². The van der Waals surface area contributed by atoms with Crippen molar-refractivity contribution in [1.82, 2.24) is 0 Å². The van der Waals surface area contributed by atoms with Gasteiger partial charge in [-0.1, -0.05) is 248 Å². The molecular formula is C61H106O6. The molecule has 1 atom stereocenters. The van der Waals surface area contributed by atoms with Gasteiger partial charge in [0.15, 0.2) is 6.10 Å².